The predicted octanol–water partition coefficient (Wildman–Crippen LogP) is 1.88. The van der Waals surface area contributed by atoms with Gasteiger partial charge in [-0.1, -0.05) is 0 Å². The second-order valence-electron chi connectivity index (χ2n) is 4.88. The summed E-state index contributed by atoms with van der Waals surface area (Å²) in [5.74, 6) is 0.576. The van der Waals surface area contributed by atoms with E-state index >= 15 is 0 Å². The molecule has 0 bridgehead atoms. The summed E-state index contributed by atoms with van der Waals surface area (Å²) in [6, 6.07) is 2.45. The summed E-state index contributed by atoms with van der Waals surface area (Å²) in [7, 11) is 2.17. The van der Waals surface area contributed by atoms with Crippen LogP contribution in [0.1, 0.15) is 18.9 Å². The number of piperidine rings is 1. The number of nitrogens with two attached hydrogens (primary N) is 1. The number of nitrogens with zero attached hydrogens (tertiary/aromatic N) is 4. The maximum atomic E-state index is 5.95. The van der Waals surface area contributed by atoms with E-state index in [4.69, 9.17) is 5.73 Å². The van der Waals surface area contributed by atoms with Crippen molar-refractivity contribution in [1.82, 2.24) is 19.7 Å². The lowest BCUT2D eigenvalue weighted by Crippen LogP contribution is -2.34. The molecule has 3 rings (SSSR count). The van der Waals surface area contributed by atoms with Crippen LogP contribution in [0.2, 0.25) is 0 Å². The van der Waals surface area contributed by atoms with Crippen LogP contribution in [-0.4, -0.2) is 39.8 Å². The number of aromatic nitrogens is 3. The molecule has 1 aliphatic heterocycles. The monoisotopic (exact) mass is 357 g/mol. The van der Waals surface area contributed by atoms with Crippen LogP contribution >= 0.6 is 22.6 Å². The average Bonchev–Trinajstić information content (AvgIpc) is 2.68. The van der Waals surface area contributed by atoms with Gasteiger partial charge < -0.3 is 10.6 Å². The molecular weight excluding hydrogens is 341 g/mol. The number of halogens is 1. The second-order valence-corrected chi connectivity index (χ2v) is 5.91. The first-order valence-electron chi connectivity index (χ1n) is 6.13. The maximum absolute atomic E-state index is 5.95. The summed E-state index contributed by atoms with van der Waals surface area (Å²) >= 11 is 2.24. The second kappa shape index (κ2) is 4.65. The highest BCUT2D eigenvalue weighted by Crippen LogP contribution is 2.29. The van der Waals surface area contributed by atoms with Crippen molar-refractivity contribution in [3.05, 3.63) is 16.0 Å². The fourth-order valence-corrected chi connectivity index (χ4v) is 3.47. The number of likely N-dealkylation sites (tertiary alicyclic amines) is 1. The molecule has 1 saturated heterocycles. The fraction of sp³-hybridized carbons (Fsp3) is 0.500. The molecule has 5 nitrogen and oxygen atoms in total. The van der Waals surface area contributed by atoms with Crippen LogP contribution in [0.15, 0.2) is 12.3 Å². The van der Waals surface area contributed by atoms with E-state index in [0.717, 1.165) is 21.1 Å². The van der Waals surface area contributed by atoms with Gasteiger partial charge in [0.2, 0.25) is 0 Å². The number of fused-ring (bicyclic) bond motifs is 1. The van der Waals surface area contributed by atoms with E-state index in [1.165, 1.54) is 19.4 Å². The molecule has 2 aromatic rings. The molecule has 0 saturated carbocycles. The van der Waals surface area contributed by atoms with Crippen molar-refractivity contribution in [1.29, 1.82) is 0 Å². The minimum Gasteiger partial charge on any atom is -0.383 e. The van der Waals surface area contributed by atoms with Gasteiger partial charge in [-0.15, -0.1) is 0 Å². The smallest absolute Gasteiger partial charge is 0.135 e. The number of anilines is 1. The zero-order valence-corrected chi connectivity index (χ0v) is 12.5. The molecule has 0 aromatic carbocycles. The number of likely N-dealkylation sites (N-methyl/N-ethyl adjacent to an activating group) is 1. The molecule has 0 radical (unpaired) electrons. The molecule has 1 aliphatic rings. The lowest BCUT2D eigenvalue weighted by molar-refractivity contribution is 0.205. The Kier molecular flexibility index (Phi) is 3.14. The van der Waals surface area contributed by atoms with Gasteiger partial charge in [-0.3, -0.25) is 4.68 Å². The minimum atomic E-state index is 0.441. The summed E-state index contributed by atoms with van der Waals surface area (Å²) in [5.41, 5.74) is 7.05. The normalized spacial score (nSPS) is 21.6. The number of nitrogen functional groups attached to an aromatic ring is 1. The first-order chi connectivity index (χ1) is 8.66. The Morgan fingerprint density at radius 2 is 2.33 bits per heavy atom. The summed E-state index contributed by atoms with van der Waals surface area (Å²) in [6.45, 7) is 2.23. The van der Waals surface area contributed by atoms with Crippen LogP contribution in [0.5, 0.6) is 0 Å². The van der Waals surface area contributed by atoms with Gasteiger partial charge >= 0.3 is 0 Å². The summed E-state index contributed by atoms with van der Waals surface area (Å²) in [5, 5.41) is 5.66. The first-order valence-corrected chi connectivity index (χ1v) is 7.21. The van der Waals surface area contributed by atoms with Crippen molar-refractivity contribution in [2.24, 2.45) is 0 Å². The van der Waals surface area contributed by atoms with Crippen molar-refractivity contribution in [3.63, 3.8) is 0 Å². The molecule has 2 N–H and O–H groups in total. The SMILES string of the molecule is CN1CCCC(n2nc(I)c3c(N)nccc32)C1. The van der Waals surface area contributed by atoms with Crippen LogP contribution in [0.3, 0.4) is 0 Å². The molecule has 3 heterocycles. The predicted molar refractivity (Wildman–Crippen MR) is 80.4 cm³/mol. The third kappa shape index (κ3) is 1.97. The quantitative estimate of drug-likeness (QED) is 0.792. The summed E-state index contributed by atoms with van der Waals surface area (Å²) in [4.78, 5) is 6.51. The van der Waals surface area contributed by atoms with E-state index in [1.54, 1.807) is 6.20 Å². The third-order valence-electron chi connectivity index (χ3n) is 3.55. The molecule has 1 fully saturated rings. The van der Waals surface area contributed by atoms with Crippen LogP contribution in [0, 0.1) is 3.70 Å². The Balaban J connectivity index is 2.09. The van der Waals surface area contributed by atoms with Crippen LogP contribution in [-0.2, 0) is 0 Å². The number of pyridine rings is 1. The molecule has 18 heavy (non-hydrogen) atoms. The zero-order valence-electron chi connectivity index (χ0n) is 10.3. The molecule has 1 atom stereocenters. The lowest BCUT2D eigenvalue weighted by atomic mass is 10.1. The first kappa shape index (κ1) is 12.2. The molecular formula is C12H16IN5. The molecule has 0 spiro atoms. The van der Waals surface area contributed by atoms with E-state index in [9.17, 15) is 0 Å². The van der Waals surface area contributed by atoms with E-state index in [0.29, 0.717) is 11.9 Å². The Labute approximate surface area is 119 Å². The van der Waals surface area contributed by atoms with Gasteiger partial charge in [0.25, 0.3) is 0 Å². The van der Waals surface area contributed by atoms with Crippen LogP contribution in [0.4, 0.5) is 5.82 Å². The molecule has 0 amide bonds. The summed E-state index contributed by atoms with van der Waals surface area (Å²) in [6.07, 6.45) is 4.16. The lowest BCUT2D eigenvalue weighted by Gasteiger charge is -2.30. The third-order valence-corrected chi connectivity index (χ3v) is 4.31. The van der Waals surface area contributed by atoms with Gasteiger partial charge in [-0.2, -0.15) is 5.10 Å². The maximum Gasteiger partial charge on any atom is 0.135 e. The Morgan fingerprint density at radius 1 is 1.50 bits per heavy atom. The van der Waals surface area contributed by atoms with E-state index in [2.05, 4.69) is 49.3 Å². The largest absolute Gasteiger partial charge is 0.383 e. The number of rotatable bonds is 1. The Bertz CT molecular complexity index is 579. The highest BCUT2D eigenvalue weighted by molar-refractivity contribution is 14.1. The summed E-state index contributed by atoms with van der Waals surface area (Å²) < 4.78 is 3.08. The molecule has 96 valence electrons. The zero-order chi connectivity index (χ0) is 12.7. The van der Waals surface area contributed by atoms with Crippen molar-refractivity contribution in [2.45, 2.75) is 18.9 Å². The van der Waals surface area contributed by atoms with E-state index < -0.39 is 0 Å². The average molecular weight is 357 g/mol. The van der Waals surface area contributed by atoms with Gasteiger partial charge in [0.15, 0.2) is 0 Å². The van der Waals surface area contributed by atoms with E-state index in [1.807, 2.05) is 6.07 Å². The van der Waals surface area contributed by atoms with Gasteiger partial charge in [-0.25, -0.2) is 4.98 Å². The Hall–Kier alpha value is -0.890. The topological polar surface area (TPSA) is 60.0 Å². The number of hydrogen-bond acceptors (Lipinski definition) is 4. The van der Waals surface area contributed by atoms with Crippen molar-refractivity contribution in [2.75, 3.05) is 25.9 Å². The van der Waals surface area contributed by atoms with Crippen LogP contribution < -0.4 is 5.73 Å². The van der Waals surface area contributed by atoms with E-state index in [-0.39, 0.29) is 0 Å². The highest BCUT2D eigenvalue weighted by atomic mass is 127. The molecule has 1 unspecified atom stereocenters. The minimum absolute atomic E-state index is 0.441. The Morgan fingerprint density at radius 3 is 3.11 bits per heavy atom. The fourth-order valence-electron chi connectivity index (χ4n) is 2.69. The number of hydrogen-bond donors (Lipinski definition) is 1. The van der Waals surface area contributed by atoms with Crippen molar-refractivity contribution < 1.29 is 0 Å². The molecule has 2 aromatic heterocycles. The van der Waals surface area contributed by atoms with Gasteiger partial charge in [0, 0.05) is 12.7 Å². The van der Waals surface area contributed by atoms with Crippen molar-refractivity contribution in [3.8, 4) is 0 Å². The standard InChI is InChI=1S/C12H16IN5/c1-17-6-2-3-8(7-17)18-9-4-5-15-12(14)10(9)11(13)16-18/h4-5,8H,2-3,6-7H2,1H3,(H2,14,15). The molecule has 6 heteroatoms. The van der Waals surface area contributed by atoms with Gasteiger partial charge in [0.05, 0.1) is 16.9 Å². The van der Waals surface area contributed by atoms with Gasteiger partial charge in [-0.05, 0) is 55.1 Å². The highest BCUT2D eigenvalue weighted by Gasteiger charge is 2.23. The van der Waals surface area contributed by atoms with Gasteiger partial charge in [0.1, 0.15) is 9.52 Å². The molecule has 0 aliphatic carbocycles. The van der Waals surface area contributed by atoms with Crippen LogP contribution in [0.25, 0.3) is 10.9 Å². The van der Waals surface area contributed by atoms with Crippen molar-refractivity contribution >= 4 is 39.3 Å².